The molecule has 0 aliphatic carbocycles. The van der Waals surface area contributed by atoms with Crippen molar-refractivity contribution < 1.29 is 5.11 Å². The first-order valence-corrected chi connectivity index (χ1v) is 5.73. The molecule has 0 bridgehead atoms. The van der Waals surface area contributed by atoms with Crippen molar-refractivity contribution in [3.63, 3.8) is 0 Å². The molecule has 5 heteroatoms. The van der Waals surface area contributed by atoms with Crippen molar-refractivity contribution >= 4 is 12.2 Å². The molecule has 15 heavy (non-hydrogen) atoms. The lowest BCUT2D eigenvalue weighted by Crippen LogP contribution is -2.11. The van der Waals surface area contributed by atoms with Gasteiger partial charge in [-0.2, -0.15) is 5.10 Å². The first kappa shape index (κ1) is 12.4. The number of nitrogens with one attached hydrogen (secondary N) is 1. The lowest BCUT2D eigenvalue weighted by atomic mass is 10.2. The van der Waals surface area contributed by atoms with Crippen molar-refractivity contribution in [2.45, 2.75) is 46.3 Å². The average Bonchev–Trinajstić information content (AvgIpc) is 2.44. The third-order valence-electron chi connectivity index (χ3n) is 2.17. The van der Waals surface area contributed by atoms with E-state index < -0.39 is 0 Å². The lowest BCUT2D eigenvalue weighted by molar-refractivity contribution is 0.183. The van der Waals surface area contributed by atoms with Crippen LogP contribution < -0.4 is 0 Å². The van der Waals surface area contributed by atoms with E-state index in [1.165, 1.54) is 0 Å². The molecule has 0 saturated heterocycles. The third kappa shape index (κ3) is 3.76. The van der Waals surface area contributed by atoms with Gasteiger partial charge in [-0.1, -0.05) is 13.8 Å². The normalized spacial score (nSPS) is 13.4. The summed E-state index contributed by atoms with van der Waals surface area (Å²) < 4.78 is 2.69. The van der Waals surface area contributed by atoms with Gasteiger partial charge in [-0.15, -0.1) is 0 Å². The number of aromatic nitrogens is 3. The molecule has 0 radical (unpaired) electrons. The highest BCUT2D eigenvalue weighted by Crippen LogP contribution is 2.07. The maximum atomic E-state index is 9.22. The topological polar surface area (TPSA) is 53.8 Å². The van der Waals surface area contributed by atoms with Crippen LogP contribution in [0.4, 0.5) is 0 Å². The first-order valence-electron chi connectivity index (χ1n) is 5.33. The van der Waals surface area contributed by atoms with Crippen molar-refractivity contribution in [3.8, 4) is 0 Å². The number of nitrogens with zero attached hydrogens (tertiary/aromatic N) is 2. The van der Waals surface area contributed by atoms with E-state index in [1.54, 1.807) is 6.92 Å². The minimum Gasteiger partial charge on any atom is -0.393 e. The van der Waals surface area contributed by atoms with Gasteiger partial charge in [0.25, 0.3) is 0 Å². The minimum atomic E-state index is -0.289. The summed E-state index contributed by atoms with van der Waals surface area (Å²) in [5, 5.41) is 16.2. The summed E-state index contributed by atoms with van der Waals surface area (Å²) in [4.78, 5) is 0. The van der Waals surface area contributed by atoms with Gasteiger partial charge in [0.05, 0.1) is 6.10 Å². The van der Waals surface area contributed by atoms with Crippen LogP contribution in [0.3, 0.4) is 0 Å². The first-order chi connectivity index (χ1) is 7.00. The van der Waals surface area contributed by atoms with Crippen molar-refractivity contribution in [2.75, 3.05) is 0 Å². The minimum absolute atomic E-state index is 0.289. The smallest absolute Gasteiger partial charge is 0.195 e. The number of hydrogen-bond donors (Lipinski definition) is 2. The highest BCUT2D eigenvalue weighted by molar-refractivity contribution is 7.71. The molecule has 0 saturated carbocycles. The summed E-state index contributed by atoms with van der Waals surface area (Å²) in [5.74, 6) is 1.48. The van der Waals surface area contributed by atoms with Gasteiger partial charge in [0.1, 0.15) is 5.82 Å². The van der Waals surface area contributed by atoms with Crippen molar-refractivity contribution in [3.05, 3.63) is 10.6 Å². The summed E-state index contributed by atoms with van der Waals surface area (Å²) in [6.45, 7) is 6.96. The third-order valence-corrected chi connectivity index (χ3v) is 2.48. The Labute approximate surface area is 95.3 Å². The van der Waals surface area contributed by atoms with Crippen LogP contribution in [0, 0.1) is 10.7 Å². The fourth-order valence-electron chi connectivity index (χ4n) is 1.43. The number of rotatable bonds is 5. The van der Waals surface area contributed by atoms with Crippen LogP contribution in [0.25, 0.3) is 0 Å². The number of aliphatic hydroxyl groups is 1. The molecule has 0 aliphatic heterocycles. The van der Waals surface area contributed by atoms with Gasteiger partial charge in [-0.05, 0) is 31.5 Å². The second-order valence-electron chi connectivity index (χ2n) is 4.34. The molecule has 0 fully saturated rings. The number of aromatic amines is 1. The fourth-order valence-corrected chi connectivity index (χ4v) is 1.66. The van der Waals surface area contributed by atoms with Gasteiger partial charge in [0, 0.05) is 13.0 Å². The summed E-state index contributed by atoms with van der Waals surface area (Å²) >= 11 is 5.15. The van der Waals surface area contributed by atoms with Crippen LogP contribution in [0.2, 0.25) is 0 Å². The molecule has 1 aromatic heterocycles. The van der Waals surface area contributed by atoms with Crippen LogP contribution >= 0.6 is 12.2 Å². The molecule has 1 atom stereocenters. The maximum Gasteiger partial charge on any atom is 0.195 e. The van der Waals surface area contributed by atoms with E-state index in [0.29, 0.717) is 10.7 Å². The Kier molecular flexibility index (Phi) is 4.47. The van der Waals surface area contributed by atoms with Crippen LogP contribution in [0.5, 0.6) is 0 Å². The zero-order chi connectivity index (χ0) is 11.4. The Morgan fingerprint density at radius 1 is 1.47 bits per heavy atom. The second-order valence-corrected chi connectivity index (χ2v) is 4.72. The molecule has 1 unspecified atom stereocenters. The molecule has 0 aromatic carbocycles. The van der Waals surface area contributed by atoms with Gasteiger partial charge < -0.3 is 9.67 Å². The lowest BCUT2D eigenvalue weighted by Gasteiger charge is -2.09. The van der Waals surface area contributed by atoms with Gasteiger partial charge in [-0.25, -0.2) is 0 Å². The summed E-state index contributed by atoms with van der Waals surface area (Å²) in [6, 6.07) is 0. The molecular weight excluding hydrogens is 210 g/mol. The highest BCUT2D eigenvalue weighted by Gasteiger charge is 2.08. The van der Waals surface area contributed by atoms with E-state index in [1.807, 2.05) is 4.57 Å². The Bertz CT molecular complexity index is 354. The molecule has 1 heterocycles. The monoisotopic (exact) mass is 229 g/mol. The van der Waals surface area contributed by atoms with Gasteiger partial charge in [-0.3, -0.25) is 5.10 Å². The van der Waals surface area contributed by atoms with E-state index in [9.17, 15) is 5.11 Å². The predicted octanol–water partition coefficient (Wildman–Crippen LogP) is 1.91. The Balaban J connectivity index is 2.75. The van der Waals surface area contributed by atoms with E-state index >= 15 is 0 Å². The van der Waals surface area contributed by atoms with E-state index in [2.05, 4.69) is 24.0 Å². The number of aliphatic hydroxyl groups excluding tert-OH is 1. The van der Waals surface area contributed by atoms with Crippen LogP contribution in [-0.2, 0) is 13.0 Å². The van der Waals surface area contributed by atoms with E-state index in [4.69, 9.17) is 12.2 Å². The van der Waals surface area contributed by atoms with Gasteiger partial charge in [0.15, 0.2) is 4.77 Å². The molecule has 1 aromatic rings. The maximum absolute atomic E-state index is 9.22. The summed E-state index contributed by atoms with van der Waals surface area (Å²) in [6.07, 6.45) is 1.19. The van der Waals surface area contributed by atoms with E-state index in [-0.39, 0.29) is 6.10 Å². The molecular formula is C10H19N3OS. The second kappa shape index (κ2) is 5.42. The highest BCUT2D eigenvalue weighted by atomic mass is 32.1. The van der Waals surface area contributed by atoms with Crippen molar-refractivity contribution in [2.24, 2.45) is 5.92 Å². The number of H-pyrrole nitrogens is 1. The van der Waals surface area contributed by atoms with Crippen molar-refractivity contribution in [1.82, 2.24) is 14.8 Å². The van der Waals surface area contributed by atoms with Gasteiger partial charge >= 0.3 is 0 Å². The SMILES string of the molecule is CC(C)Cn1c(CCC(C)O)n[nH]c1=S. The van der Waals surface area contributed by atoms with Crippen molar-refractivity contribution in [1.29, 1.82) is 0 Å². The quantitative estimate of drug-likeness (QED) is 0.758. The molecule has 0 amide bonds. The molecule has 0 aliphatic rings. The van der Waals surface area contributed by atoms with Gasteiger partial charge in [0.2, 0.25) is 0 Å². The molecule has 0 spiro atoms. The summed E-state index contributed by atoms with van der Waals surface area (Å²) in [5.41, 5.74) is 0. The van der Waals surface area contributed by atoms with E-state index in [0.717, 1.165) is 25.2 Å². The average molecular weight is 229 g/mol. The zero-order valence-electron chi connectivity index (χ0n) is 9.53. The number of aryl methyl sites for hydroxylation is 1. The predicted molar refractivity (Wildman–Crippen MR) is 62.3 cm³/mol. The molecule has 2 N–H and O–H groups in total. The summed E-state index contributed by atoms with van der Waals surface area (Å²) in [7, 11) is 0. The standard InChI is InChI=1S/C10H19N3OS/c1-7(2)6-13-9(5-4-8(3)14)11-12-10(13)15/h7-8,14H,4-6H2,1-3H3,(H,12,15). The zero-order valence-corrected chi connectivity index (χ0v) is 10.3. The largest absolute Gasteiger partial charge is 0.393 e. The van der Waals surface area contributed by atoms with Crippen LogP contribution in [0.15, 0.2) is 0 Å². The van der Waals surface area contributed by atoms with Crippen LogP contribution in [0.1, 0.15) is 33.0 Å². The Morgan fingerprint density at radius 2 is 2.13 bits per heavy atom. The Morgan fingerprint density at radius 3 is 2.67 bits per heavy atom. The molecule has 4 nitrogen and oxygen atoms in total. The Hall–Kier alpha value is -0.680. The fraction of sp³-hybridized carbons (Fsp3) is 0.800. The van der Waals surface area contributed by atoms with Crippen LogP contribution in [-0.4, -0.2) is 26.0 Å². The molecule has 1 rings (SSSR count). The number of hydrogen-bond acceptors (Lipinski definition) is 3. The molecule has 86 valence electrons.